The fourth-order valence-corrected chi connectivity index (χ4v) is 4.14. The average Bonchev–Trinajstić information content (AvgIpc) is 2.79. The van der Waals surface area contributed by atoms with Crippen molar-refractivity contribution in [2.24, 2.45) is 5.41 Å². The smallest absolute Gasteiger partial charge is 0.254 e. The van der Waals surface area contributed by atoms with Crippen LogP contribution in [0.25, 0.3) is 0 Å². The molecule has 0 N–H and O–H groups in total. The van der Waals surface area contributed by atoms with Gasteiger partial charge in [-0.3, -0.25) is 4.79 Å². The second kappa shape index (κ2) is 6.27. The maximum absolute atomic E-state index is 13.1. The highest BCUT2D eigenvalue weighted by molar-refractivity contribution is 5.94. The average molecular weight is 317 g/mol. The van der Waals surface area contributed by atoms with Gasteiger partial charge in [-0.2, -0.15) is 0 Å². The molecule has 0 bridgehead atoms. The third-order valence-corrected chi connectivity index (χ3v) is 5.35. The van der Waals surface area contributed by atoms with Gasteiger partial charge in [0.1, 0.15) is 0 Å². The van der Waals surface area contributed by atoms with E-state index in [1.54, 1.807) is 0 Å². The summed E-state index contributed by atoms with van der Waals surface area (Å²) in [5.41, 5.74) is 3.56. The fourth-order valence-electron chi connectivity index (χ4n) is 4.14. The minimum absolute atomic E-state index is 0.0926. The molecule has 0 radical (unpaired) electrons. The topological polar surface area (TPSA) is 20.3 Å². The molecule has 1 spiro atoms. The van der Waals surface area contributed by atoms with Crippen LogP contribution in [0.2, 0.25) is 0 Å². The second-order valence-corrected chi connectivity index (χ2v) is 7.13. The SMILES string of the molecule is O=C(c1ccccc1)N1Cc2ccccc2CC2(C=CCCC2)C1. The maximum atomic E-state index is 13.1. The van der Waals surface area contributed by atoms with Gasteiger partial charge in [0.05, 0.1) is 0 Å². The normalized spacial score (nSPS) is 22.9. The van der Waals surface area contributed by atoms with Crippen molar-refractivity contribution in [3.8, 4) is 0 Å². The lowest BCUT2D eigenvalue weighted by atomic mass is 9.74. The Morgan fingerprint density at radius 3 is 2.46 bits per heavy atom. The molecule has 2 aliphatic rings. The lowest BCUT2D eigenvalue weighted by Gasteiger charge is -2.36. The molecule has 1 aliphatic carbocycles. The van der Waals surface area contributed by atoms with Crippen LogP contribution in [-0.2, 0) is 13.0 Å². The summed E-state index contributed by atoms with van der Waals surface area (Å²) >= 11 is 0. The Morgan fingerprint density at radius 2 is 1.71 bits per heavy atom. The molecular formula is C22H23NO. The van der Waals surface area contributed by atoms with E-state index in [4.69, 9.17) is 0 Å². The highest BCUT2D eigenvalue weighted by Crippen LogP contribution is 2.39. The van der Waals surface area contributed by atoms with Gasteiger partial charge in [0.2, 0.25) is 0 Å². The zero-order valence-electron chi connectivity index (χ0n) is 13.9. The fraction of sp³-hybridized carbons (Fsp3) is 0.318. The maximum Gasteiger partial charge on any atom is 0.254 e. The number of nitrogens with zero attached hydrogens (tertiary/aromatic N) is 1. The predicted molar refractivity (Wildman–Crippen MR) is 96.8 cm³/mol. The number of fused-ring (bicyclic) bond motifs is 1. The quantitative estimate of drug-likeness (QED) is 0.703. The number of carbonyl (C=O) groups is 1. The van der Waals surface area contributed by atoms with E-state index < -0.39 is 0 Å². The molecule has 1 heterocycles. The molecule has 1 aliphatic heterocycles. The Labute approximate surface area is 143 Å². The van der Waals surface area contributed by atoms with Crippen molar-refractivity contribution in [2.75, 3.05) is 6.54 Å². The minimum Gasteiger partial charge on any atom is -0.333 e. The summed E-state index contributed by atoms with van der Waals surface area (Å²) in [6.07, 6.45) is 9.27. The highest BCUT2D eigenvalue weighted by atomic mass is 16.2. The Bertz CT molecular complexity index is 765. The zero-order chi connectivity index (χ0) is 16.4. The number of benzene rings is 2. The summed E-state index contributed by atoms with van der Waals surface area (Å²) in [6.45, 7) is 1.52. The van der Waals surface area contributed by atoms with Crippen molar-refractivity contribution >= 4 is 5.91 Å². The van der Waals surface area contributed by atoms with Crippen LogP contribution in [0.5, 0.6) is 0 Å². The number of hydrogen-bond donors (Lipinski definition) is 0. The van der Waals surface area contributed by atoms with Gasteiger partial charge in [0.25, 0.3) is 5.91 Å². The van der Waals surface area contributed by atoms with Crippen molar-refractivity contribution in [1.29, 1.82) is 0 Å². The van der Waals surface area contributed by atoms with E-state index in [0.717, 1.165) is 31.4 Å². The molecule has 122 valence electrons. The molecular weight excluding hydrogens is 294 g/mol. The standard InChI is InChI=1S/C22H23NO/c24-21(18-9-3-1-4-10-18)23-16-20-12-6-5-11-19(20)15-22(17-23)13-7-2-8-14-22/h1,3-7,9-13H,2,8,14-17H2. The zero-order valence-corrected chi connectivity index (χ0v) is 13.9. The van der Waals surface area contributed by atoms with Crippen LogP contribution in [0.3, 0.4) is 0 Å². The molecule has 1 atom stereocenters. The van der Waals surface area contributed by atoms with Gasteiger partial charge in [0.15, 0.2) is 0 Å². The summed E-state index contributed by atoms with van der Waals surface area (Å²) in [6, 6.07) is 18.3. The first-order chi connectivity index (χ1) is 11.8. The molecule has 1 amide bonds. The van der Waals surface area contributed by atoms with Gasteiger partial charge in [0, 0.05) is 24.1 Å². The van der Waals surface area contributed by atoms with E-state index in [0.29, 0.717) is 6.54 Å². The van der Waals surface area contributed by atoms with Gasteiger partial charge in [-0.05, 0) is 48.9 Å². The molecule has 0 fully saturated rings. The van der Waals surface area contributed by atoms with Crippen LogP contribution in [0, 0.1) is 5.41 Å². The second-order valence-electron chi connectivity index (χ2n) is 7.13. The lowest BCUT2D eigenvalue weighted by molar-refractivity contribution is 0.0678. The van der Waals surface area contributed by atoms with Crippen LogP contribution in [-0.4, -0.2) is 17.4 Å². The monoisotopic (exact) mass is 317 g/mol. The van der Waals surface area contributed by atoms with Crippen molar-refractivity contribution < 1.29 is 4.79 Å². The third-order valence-electron chi connectivity index (χ3n) is 5.35. The molecule has 2 aromatic carbocycles. The van der Waals surface area contributed by atoms with E-state index in [1.807, 2.05) is 30.3 Å². The first-order valence-corrected chi connectivity index (χ1v) is 8.85. The molecule has 4 rings (SSSR count). The van der Waals surface area contributed by atoms with Crippen molar-refractivity contribution in [3.63, 3.8) is 0 Å². The molecule has 0 aromatic heterocycles. The molecule has 2 heteroatoms. The first-order valence-electron chi connectivity index (χ1n) is 8.85. The van der Waals surface area contributed by atoms with Crippen LogP contribution in [0.1, 0.15) is 40.7 Å². The van der Waals surface area contributed by atoms with Crippen molar-refractivity contribution in [2.45, 2.75) is 32.2 Å². The van der Waals surface area contributed by atoms with Gasteiger partial charge in [-0.1, -0.05) is 54.6 Å². The van der Waals surface area contributed by atoms with Crippen molar-refractivity contribution in [1.82, 2.24) is 4.90 Å². The minimum atomic E-state index is 0.0926. The molecule has 1 unspecified atom stereocenters. The van der Waals surface area contributed by atoms with E-state index in [-0.39, 0.29) is 11.3 Å². The largest absolute Gasteiger partial charge is 0.333 e. The number of rotatable bonds is 1. The van der Waals surface area contributed by atoms with E-state index in [9.17, 15) is 4.79 Å². The predicted octanol–water partition coefficient (Wildman–Crippen LogP) is 4.61. The summed E-state index contributed by atoms with van der Waals surface area (Å²) in [7, 11) is 0. The Kier molecular flexibility index (Phi) is 3.97. The van der Waals surface area contributed by atoms with Gasteiger partial charge < -0.3 is 4.90 Å². The van der Waals surface area contributed by atoms with E-state index in [2.05, 4.69) is 41.3 Å². The summed E-state index contributed by atoms with van der Waals surface area (Å²) < 4.78 is 0. The van der Waals surface area contributed by atoms with E-state index >= 15 is 0 Å². The van der Waals surface area contributed by atoms with Gasteiger partial charge in [-0.25, -0.2) is 0 Å². The Balaban J connectivity index is 1.73. The number of amides is 1. The molecule has 0 saturated heterocycles. The summed E-state index contributed by atoms with van der Waals surface area (Å²) in [5.74, 6) is 0.144. The number of carbonyl (C=O) groups excluding carboxylic acids is 1. The van der Waals surface area contributed by atoms with Crippen LogP contribution in [0.15, 0.2) is 66.7 Å². The Morgan fingerprint density at radius 1 is 0.958 bits per heavy atom. The molecule has 0 saturated carbocycles. The number of allylic oxidation sites excluding steroid dienone is 1. The molecule has 2 nitrogen and oxygen atoms in total. The highest BCUT2D eigenvalue weighted by Gasteiger charge is 2.36. The van der Waals surface area contributed by atoms with Crippen LogP contribution in [0.4, 0.5) is 0 Å². The van der Waals surface area contributed by atoms with Crippen LogP contribution >= 0.6 is 0 Å². The third kappa shape index (κ3) is 2.89. The van der Waals surface area contributed by atoms with E-state index in [1.165, 1.54) is 17.5 Å². The van der Waals surface area contributed by atoms with Gasteiger partial charge in [-0.15, -0.1) is 0 Å². The molecule has 2 aromatic rings. The lowest BCUT2D eigenvalue weighted by Crippen LogP contribution is -2.40. The van der Waals surface area contributed by atoms with Gasteiger partial charge >= 0.3 is 0 Å². The van der Waals surface area contributed by atoms with Crippen LogP contribution < -0.4 is 0 Å². The number of hydrogen-bond acceptors (Lipinski definition) is 1. The molecule has 24 heavy (non-hydrogen) atoms. The summed E-state index contributed by atoms with van der Waals surface area (Å²) in [5, 5.41) is 0. The summed E-state index contributed by atoms with van der Waals surface area (Å²) in [4.78, 5) is 15.1. The Hall–Kier alpha value is -2.35. The van der Waals surface area contributed by atoms with Crippen molar-refractivity contribution in [3.05, 3.63) is 83.4 Å². The first kappa shape index (κ1) is 15.2.